The second-order valence-electron chi connectivity index (χ2n) is 8.52. The highest BCUT2D eigenvalue weighted by Crippen LogP contribution is 2.38. The van der Waals surface area contributed by atoms with Gasteiger partial charge in [-0.25, -0.2) is 8.42 Å². The van der Waals surface area contributed by atoms with Crippen LogP contribution in [-0.4, -0.2) is 48.0 Å². The summed E-state index contributed by atoms with van der Waals surface area (Å²) in [5.74, 6) is -0.276. The van der Waals surface area contributed by atoms with Crippen LogP contribution < -0.4 is 10.5 Å². The molecular weight excluding hydrogens is 520 g/mol. The molecule has 0 radical (unpaired) electrons. The molecule has 1 amide bonds. The van der Waals surface area contributed by atoms with Crippen molar-refractivity contribution >= 4 is 33.5 Å². The third kappa shape index (κ3) is 5.63. The number of carbonyl (C=O) groups is 2. The number of carbonyl (C=O) groups excluding carboxylic acids is 2. The first-order chi connectivity index (χ1) is 17.6. The molecule has 1 aliphatic carbocycles. The van der Waals surface area contributed by atoms with Crippen LogP contribution in [0.5, 0.6) is 11.5 Å². The number of hydrogen-bond donors (Lipinski definition) is 1. The number of nitrogens with zero attached hydrogens (tertiary/aromatic N) is 3. The maximum atomic E-state index is 13.5. The molecule has 1 heterocycles. The van der Waals surface area contributed by atoms with Crippen molar-refractivity contribution in [2.45, 2.75) is 43.7 Å². The van der Waals surface area contributed by atoms with Gasteiger partial charge in [0.05, 0.1) is 28.8 Å². The van der Waals surface area contributed by atoms with Gasteiger partial charge in [0.25, 0.3) is 0 Å². The lowest BCUT2D eigenvalue weighted by Crippen LogP contribution is -2.33. The van der Waals surface area contributed by atoms with Crippen molar-refractivity contribution in [3.8, 4) is 11.5 Å². The molecule has 4 rings (SSSR count). The molecule has 1 unspecified atom stereocenters. The number of ether oxygens (including phenoxy) is 2. The number of amides is 1. The second kappa shape index (κ2) is 10.9. The summed E-state index contributed by atoms with van der Waals surface area (Å²) in [4.78, 5) is 23.2. The Hall–Kier alpha value is -3.41. The number of aromatic nitrogens is 2. The maximum absolute atomic E-state index is 13.5. The lowest BCUT2D eigenvalue weighted by molar-refractivity contribution is -0.144. The highest BCUT2D eigenvalue weighted by Gasteiger charge is 2.34. The summed E-state index contributed by atoms with van der Waals surface area (Å²) in [7, 11) is -2.39. The zero-order valence-corrected chi connectivity index (χ0v) is 22.0. The van der Waals surface area contributed by atoms with Gasteiger partial charge in [-0.15, -0.1) is 0 Å². The van der Waals surface area contributed by atoms with E-state index in [0.29, 0.717) is 24.2 Å². The normalized spacial score (nSPS) is 15.3. The Labute approximate surface area is 220 Å². The van der Waals surface area contributed by atoms with E-state index in [9.17, 15) is 18.0 Å². The van der Waals surface area contributed by atoms with Crippen LogP contribution in [0.3, 0.4) is 0 Å². The zero-order valence-electron chi connectivity index (χ0n) is 20.4. The van der Waals surface area contributed by atoms with Gasteiger partial charge in [-0.05, 0) is 68.7 Å². The van der Waals surface area contributed by atoms with Crippen LogP contribution in [0, 0.1) is 0 Å². The van der Waals surface area contributed by atoms with Crippen molar-refractivity contribution in [1.29, 1.82) is 0 Å². The molecule has 1 atom stereocenters. The highest BCUT2D eigenvalue weighted by atomic mass is 35.5. The molecule has 3 aromatic rings. The molecule has 0 bridgehead atoms. The Kier molecular flexibility index (Phi) is 7.86. The fourth-order valence-electron chi connectivity index (χ4n) is 4.31. The highest BCUT2D eigenvalue weighted by molar-refractivity contribution is 7.89. The predicted octanol–water partition coefficient (Wildman–Crippen LogP) is 3.69. The van der Waals surface area contributed by atoms with E-state index < -0.39 is 27.9 Å². The third-order valence-corrected chi connectivity index (χ3v) is 8.36. The first-order valence-electron chi connectivity index (χ1n) is 11.7. The number of primary amides is 1. The molecule has 2 N–H and O–H groups in total. The Morgan fingerprint density at radius 1 is 1.22 bits per heavy atom. The van der Waals surface area contributed by atoms with E-state index in [-0.39, 0.29) is 28.8 Å². The number of esters is 1. The minimum Gasteiger partial charge on any atom is -0.465 e. The molecule has 12 heteroatoms. The summed E-state index contributed by atoms with van der Waals surface area (Å²) in [5, 5.41) is 4.43. The van der Waals surface area contributed by atoms with Gasteiger partial charge in [-0.1, -0.05) is 11.6 Å². The van der Waals surface area contributed by atoms with Gasteiger partial charge >= 0.3 is 5.97 Å². The van der Waals surface area contributed by atoms with E-state index in [1.165, 1.54) is 41.7 Å². The van der Waals surface area contributed by atoms with E-state index >= 15 is 0 Å². The van der Waals surface area contributed by atoms with Crippen LogP contribution in [0.1, 0.15) is 47.4 Å². The lowest BCUT2D eigenvalue weighted by Gasteiger charge is -2.31. The zero-order chi connectivity index (χ0) is 26.7. The molecule has 196 valence electrons. The monoisotopic (exact) mass is 546 g/mol. The van der Waals surface area contributed by atoms with E-state index in [0.717, 1.165) is 17.7 Å². The van der Waals surface area contributed by atoms with Crippen LogP contribution >= 0.6 is 11.6 Å². The molecule has 0 aliphatic heterocycles. The Bertz CT molecular complexity index is 1420. The van der Waals surface area contributed by atoms with Gasteiger partial charge in [-0.2, -0.15) is 9.40 Å². The van der Waals surface area contributed by atoms with Crippen molar-refractivity contribution < 1.29 is 27.5 Å². The van der Waals surface area contributed by atoms with Crippen LogP contribution in [0.2, 0.25) is 5.02 Å². The molecule has 0 saturated carbocycles. The summed E-state index contributed by atoms with van der Waals surface area (Å²) in [6, 6.07) is 9.99. The minimum atomic E-state index is -3.92. The first-order valence-corrected chi connectivity index (χ1v) is 13.5. The molecule has 0 fully saturated rings. The van der Waals surface area contributed by atoms with Gasteiger partial charge in [0, 0.05) is 23.9 Å². The van der Waals surface area contributed by atoms with Gasteiger partial charge in [0.15, 0.2) is 0 Å². The Morgan fingerprint density at radius 3 is 2.59 bits per heavy atom. The molecule has 37 heavy (non-hydrogen) atoms. The number of hydrogen-bond acceptors (Lipinski definition) is 7. The predicted molar refractivity (Wildman–Crippen MR) is 136 cm³/mol. The van der Waals surface area contributed by atoms with E-state index in [1.54, 1.807) is 29.9 Å². The number of fused-ring (bicyclic) bond motifs is 1. The molecule has 2 aromatic carbocycles. The minimum absolute atomic E-state index is 0.0162. The second-order valence-corrected chi connectivity index (χ2v) is 10.9. The third-order valence-electron chi connectivity index (χ3n) is 6.20. The van der Waals surface area contributed by atoms with Crippen molar-refractivity contribution in [3.63, 3.8) is 0 Å². The summed E-state index contributed by atoms with van der Waals surface area (Å²) >= 11 is 6.38. The molecule has 10 nitrogen and oxygen atoms in total. The summed E-state index contributed by atoms with van der Waals surface area (Å²) in [6.45, 7) is 1.99. The average Bonchev–Trinajstić information content (AvgIpc) is 3.28. The summed E-state index contributed by atoms with van der Waals surface area (Å²) in [6.07, 6.45) is 3.67. The van der Waals surface area contributed by atoms with Crippen molar-refractivity contribution in [2.24, 2.45) is 5.73 Å². The number of sulfonamides is 1. The smallest absolute Gasteiger partial charge is 0.327 e. The Morgan fingerprint density at radius 2 is 1.95 bits per heavy atom. The van der Waals surface area contributed by atoms with Gasteiger partial charge in [0.1, 0.15) is 18.0 Å². The SMILES string of the molecule is CCOC(=O)Cn1ncc2c1CCCC2N(C)S(=O)(=O)c1ccc(Oc2ccc(C(N)=O)cc2)c(Cl)c1. The van der Waals surface area contributed by atoms with Crippen molar-refractivity contribution in [2.75, 3.05) is 13.7 Å². The topological polar surface area (TPSA) is 134 Å². The molecular formula is C25H27ClN4O6S. The first kappa shape index (κ1) is 26.6. The van der Waals surface area contributed by atoms with Gasteiger partial charge < -0.3 is 15.2 Å². The van der Waals surface area contributed by atoms with Crippen LogP contribution in [0.4, 0.5) is 0 Å². The van der Waals surface area contributed by atoms with Crippen molar-refractivity contribution in [3.05, 3.63) is 70.5 Å². The lowest BCUT2D eigenvalue weighted by atomic mass is 9.93. The summed E-state index contributed by atoms with van der Waals surface area (Å²) < 4.78 is 40.7. The molecule has 0 spiro atoms. The van der Waals surface area contributed by atoms with Gasteiger partial charge in [-0.3, -0.25) is 14.3 Å². The fraction of sp³-hybridized carbons (Fsp3) is 0.320. The van der Waals surface area contributed by atoms with Gasteiger partial charge in [0.2, 0.25) is 15.9 Å². The van der Waals surface area contributed by atoms with Crippen LogP contribution in [-0.2, 0) is 32.5 Å². The standard InChI is InChI=1S/C25H27ClN4O6S/c1-3-35-24(31)15-30-22-6-4-5-21(19(22)14-28-30)29(2)37(33,34)18-11-12-23(20(26)13-18)36-17-9-7-16(8-10-17)25(27)32/h7-14,21H,3-6,15H2,1-2H3,(H2,27,32). The summed E-state index contributed by atoms with van der Waals surface area (Å²) in [5.41, 5.74) is 7.18. The van der Waals surface area contributed by atoms with E-state index in [1.807, 2.05) is 0 Å². The van der Waals surface area contributed by atoms with E-state index in [2.05, 4.69) is 5.10 Å². The average molecular weight is 547 g/mol. The molecule has 1 aromatic heterocycles. The van der Waals surface area contributed by atoms with Crippen LogP contribution in [0.15, 0.2) is 53.6 Å². The number of nitrogens with two attached hydrogens (primary N) is 1. The largest absolute Gasteiger partial charge is 0.465 e. The van der Waals surface area contributed by atoms with Crippen molar-refractivity contribution in [1.82, 2.24) is 14.1 Å². The fourth-order valence-corrected chi connectivity index (χ4v) is 5.99. The quantitative estimate of drug-likeness (QED) is 0.404. The maximum Gasteiger partial charge on any atom is 0.327 e. The number of rotatable bonds is 9. The van der Waals surface area contributed by atoms with Crippen LogP contribution in [0.25, 0.3) is 0 Å². The molecule has 0 saturated heterocycles. The Balaban J connectivity index is 1.54. The number of benzene rings is 2. The number of halogens is 1. The molecule has 1 aliphatic rings. The van der Waals surface area contributed by atoms with E-state index in [4.69, 9.17) is 26.8 Å².